The van der Waals surface area contributed by atoms with E-state index >= 15 is 0 Å². The summed E-state index contributed by atoms with van der Waals surface area (Å²) in [4.78, 5) is 1.34. The molecular weight excluding hydrogens is 238 g/mol. The summed E-state index contributed by atoms with van der Waals surface area (Å²) in [6.45, 7) is 2.21. The van der Waals surface area contributed by atoms with Gasteiger partial charge >= 0.3 is 0 Å². The molecule has 1 fully saturated rings. The molecule has 0 unspecified atom stereocenters. The minimum Gasteiger partial charge on any atom is -0.313 e. The molecular formula is C16H17NS. The normalized spacial score (nSPS) is 18.1. The molecule has 1 aromatic heterocycles. The van der Waals surface area contributed by atoms with Crippen LogP contribution in [-0.4, -0.2) is 13.1 Å². The third-order valence-corrected chi connectivity index (χ3v) is 4.21. The van der Waals surface area contributed by atoms with Crippen molar-refractivity contribution in [1.82, 2.24) is 5.32 Å². The van der Waals surface area contributed by atoms with E-state index in [2.05, 4.69) is 53.2 Å². The Bertz CT molecular complexity index is 515. The molecule has 1 nitrogen and oxygen atoms in total. The first-order valence-electron chi connectivity index (χ1n) is 6.46. The van der Waals surface area contributed by atoms with Crippen molar-refractivity contribution in [1.29, 1.82) is 0 Å². The zero-order chi connectivity index (χ0) is 12.2. The molecule has 1 N–H and O–H groups in total. The van der Waals surface area contributed by atoms with Crippen molar-refractivity contribution in [3.63, 3.8) is 0 Å². The van der Waals surface area contributed by atoms with Crippen LogP contribution in [0.3, 0.4) is 0 Å². The highest BCUT2D eigenvalue weighted by atomic mass is 32.1. The second kappa shape index (κ2) is 5.51. The average Bonchev–Trinajstić information content (AvgIpc) is 2.95. The Morgan fingerprint density at radius 1 is 1.11 bits per heavy atom. The first-order valence-corrected chi connectivity index (χ1v) is 7.34. The molecule has 18 heavy (non-hydrogen) atoms. The molecule has 1 saturated heterocycles. The summed E-state index contributed by atoms with van der Waals surface area (Å²) >= 11 is 1.79. The van der Waals surface area contributed by atoms with Gasteiger partial charge in [0.1, 0.15) is 0 Å². The number of piperidine rings is 1. The Morgan fingerprint density at radius 2 is 2.00 bits per heavy atom. The molecule has 1 aromatic carbocycles. The van der Waals surface area contributed by atoms with Gasteiger partial charge in [-0.3, -0.25) is 0 Å². The maximum Gasteiger partial charge on any atom is 0.0342 e. The first kappa shape index (κ1) is 11.7. The largest absolute Gasteiger partial charge is 0.313 e. The maximum absolute atomic E-state index is 3.42. The van der Waals surface area contributed by atoms with Gasteiger partial charge in [-0.2, -0.15) is 0 Å². The summed E-state index contributed by atoms with van der Waals surface area (Å²) < 4.78 is 0. The number of thiophene rings is 1. The van der Waals surface area contributed by atoms with Gasteiger partial charge in [-0.05, 0) is 42.0 Å². The van der Waals surface area contributed by atoms with Crippen molar-refractivity contribution in [2.24, 2.45) is 0 Å². The van der Waals surface area contributed by atoms with Crippen LogP contribution in [0.1, 0.15) is 18.4 Å². The predicted molar refractivity (Wildman–Crippen MR) is 79.8 cm³/mol. The van der Waals surface area contributed by atoms with Gasteiger partial charge in [-0.25, -0.2) is 0 Å². The molecule has 0 spiro atoms. The monoisotopic (exact) mass is 255 g/mol. The highest BCUT2D eigenvalue weighted by Crippen LogP contribution is 2.25. The fourth-order valence-electron chi connectivity index (χ4n) is 2.32. The second-order valence-corrected chi connectivity index (χ2v) is 5.63. The number of nitrogens with one attached hydrogen (secondary N) is 1. The van der Waals surface area contributed by atoms with Crippen molar-refractivity contribution in [2.45, 2.75) is 12.8 Å². The van der Waals surface area contributed by atoms with Gasteiger partial charge in [-0.15, -0.1) is 11.3 Å². The molecule has 2 aromatic rings. The van der Waals surface area contributed by atoms with E-state index in [1.807, 2.05) is 0 Å². The van der Waals surface area contributed by atoms with Gasteiger partial charge in [0, 0.05) is 11.4 Å². The van der Waals surface area contributed by atoms with Crippen LogP contribution in [0, 0.1) is 0 Å². The van der Waals surface area contributed by atoms with E-state index in [1.165, 1.54) is 34.4 Å². The minimum absolute atomic E-state index is 1.05. The standard InChI is InChI=1S/C16H17NS/c1-3-14(12-17-9-1)11-13-5-7-15(8-6-13)16-4-2-10-18-16/h2,4-8,10-11,17H,1,3,9,12H2. The van der Waals surface area contributed by atoms with Crippen molar-refractivity contribution in [3.8, 4) is 10.4 Å². The van der Waals surface area contributed by atoms with Gasteiger partial charge < -0.3 is 5.32 Å². The fourth-order valence-corrected chi connectivity index (χ4v) is 3.06. The summed E-state index contributed by atoms with van der Waals surface area (Å²) in [6.07, 6.45) is 4.82. The van der Waals surface area contributed by atoms with E-state index in [1.54, 1.807) is 11.3 Å². The number of benzene rings is 1. The fraction of sp³-hybridized carbons (Fsp3) is 0.250. The predicted octanol–water partition coefficient (Wildman–Crippen LogP) is 4.18. The van der Waals surface area contributed by atoms with Crippen LogP contribution < -0.4 is 5.32 Å². The molecule has 92 valence electrons. The first-order chi connectivity index (χ1) is 8.92. The zero-order valence-electron chi connectivity index (χ0n) is 10.4. The Kier molecular flexibility index (Phi) is 3.58. The van der Waals surface area contributed by atoms with E-state index in [4.69, 9.17) is 0 Å². The van der Waals surface area contributed by atoms with Crippen LogP contribution in [0.4, 0.5) is 0 Å². The summed E-state index contributed by atoms with van der Waals surface area (Å²) in [7, 11) is 0. The molecule has 0 radical (unpaired) electrons. The molecule has 2 heteroatoms. The molecule has 1 aliphatic rings. The summed E-state index contributed by atoms with van der Waals surface area (Å²) in [5.74, 6) is 0. The lowest BCUT2D eigenvalue weighted by Gasteiger charge is -2.15. The van der Waals surface area contributed by atoms with Gasteiger partial charge in [0.15, 0.2) is 0 Å². The lowest BCUT2D eigenvalue weighted by Crippen LogP contribution is -2.23. The van der Waals surface area contributed by atoms with Crippen molar-refractivity contribution in [3.05, 3.63) is 52.9 Å². The molecule has 3 rings (SSSR count). The zero-order valence-corrected chi connectivity index (χ0v) is 11.2. The van der Waals surface area contributed by atoms with Crippen molar-refractivity contribution < 1.29 is 0 Å². The molecule has 0 amide bonds. The van der Waals surface area contributed by atoms with E-state index in [0.717, 1.165) is 13.1 Å². The minimum atomic E-state index is 1.05. The second-order valence-electron chi connectivity index (χ2n) is 4.68. The van der Waals surface area contributed by atoms with Crippen LogP contribution >= 0.6 is 11.3 Å². The molecule has 1 aliphatic heterocycles. The van der Waals surface area contributed by atoms with Gasteiger partial charge in [0.25, 0.3) is 0 Å². The van der Waals surface area contributed by atoms with E-state index in [-0.39, 0.29) is 0 Å². The van der Waals surface area contributed by atoms with E-state index < -0.39 is 0 Å². The quantitative estimate of drug-likeness (QED) is 0.848. The van der Waals surface area contributed by atoms with E-state index in [0.29, 0.717) is 0 Å². The third-order valence-electron chi connectivity index (χ3n) is 3.29. The summed E-state index contributed by atoms with van der Waals surface area (Å²) in [5, 5.41) is 5.55. The Morgan fingerprint density at radius 3 is 2.67 bits per heavy atom. The number of hydrogen-bond acceptors (Lipinski definition) is 2. The van der Waals surface area contributed by atoms with Gasteiger partial charge in [-0.1, -0.05) is 42.0 Å². The lowest BCUT2D eigenvalue weighted by atomic mass is 10.0. The molecule has 0 atom stereocenters. The highest BCUT2D eigenvalue weighted by Gasteiger charge is 2.04. The summed E-state index contributed by atoms with van der Waals surface area (Å²) in [6, 6.07) is 13.1. The number of rotatable bonds is 2. The van der Waals surface area contributed by atoms with Crippen molar-refractivity contribution in [2.75, 3.05) is 13.1 Å². The molecule has 0 bridgehead atoms. The Hall–Kier alpha value is -1.38. The number of hydrogen-bond donors (Lipinski definition) is 1. The van der Waals surface area contributed by atoms with Crippen molar-refractivity contribution >= 4 is 17.4 Å². The highest BCUT2D eigenvalue weighted by molar-refractivity contribution is 7.13. The summed E-state index contributed by atoms with van der Waals surface area (Å²) in [5.41, 5.74) is 4.15. The third kappa shape index (κ3) is 2.71. The van der Waals surface area contributed by atoms with Crippen LogP contribution in [0.25, 0.3) is 16.5 Å². The SMILES string of the molecule is C(=C1CCCNC1)c1ccc(-c2cccs2)cc1. The Labute approximate surface area is 112 Å². The van der Waals surface area contributed by atoms with Crippen LogP contribution in [0.2, 0.25) is 0 Å². The molecule has 0 saturated carbocycles. The van der Waals surface area contributed by atoms with Gasteiger partial charge in [0.05, 0.1) is 0 Å². The molecule has 0 aliphatic carbocycles. The van der Waals surface area contributed by atoms with Crippen LogP contribution in [-0.2, 0) is 0 Å². The molecule has 2 heterocycles. The Balaban J connectivity index is 1.78. The van der Waals surface area contributed by atoms with Gasteiger partial charge in [0.2, 0.25) is 0 Å². The average molecular weight is 255 g/mol. The van der Waals surface area contributed by atoms with Crippen LogP contribution in [0.5, 0.6) is 0 Å². The maximum atomic E-state index is 3.42. The smallest absolute Gasteiger partial charge is 0.0342 e. The topological polar surface area (TPSA) is 12.0 Å². The van der Waals surface area contributed by atoms with Crippen LogP contribution in [0.15, 0.2) is 47.4 Å². The lowest BCUT2D eigenvalue weighted by molar-refractivity contribution is 0.613. The van der Waals surface area contributed by atoms with E-state index in [9.17, 15) is 0 Å².